The lowest BCUT2D eigenvalue weighted by Crippen LogP contribution is -2.11. The molecule has 1 rings (SSSR count). The number of carbonyl (C=O) groups excluding carboxylic acids is 1. The minimum atomic E-state index is 0.232. The molecule has 1 unspecified atom stereocenters. The summed E-state index contributed by atoms with van der Waals surface area (Å²) in [5, 5.41) is 0. The Bertz CT molecular complexity index is 458. The summed E-state index contributed by atoms with van der Waals surface area (Å²) in [6.45, 7) is 6.74. The predicted octanol–water partition coefficient (Wildman–Crippen LogP) is 2.58. The fraction of sp³-hybridized carbons (Fsp3) is 0.625. The molecule has 0 saturated heterocycles. The zero-order chi connectivity index (χ0) is 15.1. The van der Waals surface area contributed by atoms with Gasteiger partial charge in [0.05, 0.1) is 12.8 Å². The van der Waals surface area contributed by atoms with Crippen molar-refractivity contribution in [3.63, 3.8) is 0 Å². The fourth-order valence-electron chi connectivity index (χ4n) is 2.36. The van der Waals surface area contributed by atoms with Crippen LogP contribution >= 0.6 is 0 Å². The molecule has 0 fully saturated rings. The maximum Gasteiger partial charge on any atom is 0.138 e. The van der Waals surface area contributed by atoms with Gasteiger partial charge in [0.15, 0.2) is 0 Å². The molecule has 1 aromatic heterocycles. The van der Waals surface area contributed by atoms with Crippen molar-refractivity contribution in [2.24, 2.45) is 11.7 Å². The van der Waals surface area contributed by atoms with E-state index < -0.39 is 0 Å². The van der Waals surface area contributed by atoms with Crippen molar-refractivity contribution >= 4 is 5.78 Å². The summed E-state index contributed by atoms with van der Waals surface area (Å²) < 4.78 is 5.36. The monoisotopic (exact) mass is 278 g/mol. The van der Waals surface area contributed by atoms with Gasteiger partial charge >= 0.3 is 0 Å². The van der Waals surface area contributed by atoms with E-state index in [1.807, 2.05) is 13.8 Å². The van der Waals surface area contributed by atoms with E-state index in [9.17, 15) is 4.79 Å². The molecule has 0 spiro atoms. The van der Waals surface area contributed by atoms with Crippen LogP contribution in [0.25, 0.3) is 0 Å². The zero-order valence-corrected chi connectivity index (χ0v) is 13.0. The van der Waals surface area contributed by atoms with E-state index in [1.54, 1.807) is 13.3 Å². The van der Waals surface area contributed by atoms with Gasteiger partial charge in [-0.15, -0.1) is 0 Å². The van der Waals surface area contributed by atoms with Gasteiger partial charge in [0, 0.05) is 30.2 Å². The lowest BCUT2D eigenvalue weighted by Gasteiger charge is -2.12. The number of nitrogens with zero attached hydrogens (tertiary/aromatic N) is 1. The molecule has 4 heteroatoms. The van der Waals surface area contributed by atoms with Gasteiger partial charge in [-0.25, -0.2) is 0 Å². The number of aryl methyl sites for hydroxylation is 1. The SMILES string of the molecule is COc1c(C)cnc(CC(=O)CCC(C)CCN)c1C. The van der Waals surface area contributed by atoms with Gasteiger partial charge in [0.2, 0.25) is 0 Å². The number of carbonyl (C=O) groups is 1. The van der Waals surface area contributed by atoms with E-state index in [1.165, 1.54) is 0 Å². The van der Waals surface area contributed by atoms with Crippen molar-refractivity contribution in [2.75, 3.05) is 13.7 Å². The van der Waals surface area contributed by atoms with E-state index >= 15 is 0 Å². The number of hydrogen-bond acceptors (Lipinski definition) is 4. The summed E-state index contributed by atoms with van der Waals surface area (Å²) >= 11 is 0. The van der Waals surface area contributed by atoms with E-state index in [2.05, 4.69) is 11.9 Å². The van der Waals surface area contributed by atoms with Crippen LogP contribution in [-0.4, -0.2) is 24.4 Å². The average molecular weight is 278 g/mol. The molecule has 0 aliphatic rings. The van der Waals surface area contributed by atoms with E-state index in [0.717, 1.165) is 35.4 Å². The van der Waals surface area contributed by atoms with Crippen LogP contribution in [0.5, 0.6) is 5.75 Å². The number of nitrogens with two attached hydrogens (primary N) is 1. The van der Waals surface area contributed by atoms with Crippen LogP contribution in [0.15, 0.2) is 6.20 Å². The largest absolute Gasteiger partial charge is 0.496 e. The number of aromatic nitrogens is 1. The second kappa shape index (κ2) is 8.00. The van der Waals surface area contributed by atoms with E-state index in [4.69, 9.17) is 10.5 Å². The van der Waals surface area contributed by atoms with Gasteiger partial charge in [-0.1, -0.05) is 6.92 Å². The fourth-order valence-corrected chi connectivity index (χ4v) is 2.36. The number of rotatable bonds is 8. The van der Waals surface area contributed by atoms with Crippen LogP contribution in [-0.2, 0) is 11.2 Å². The third-order valence-corrected chi connectivity index (χ3v) is 3.69. The van der Waals surface area contributed by atoms with Crippen molar-refractivity contribution in [3.8, 4) is 5.75 Å². The van der Waals surface area contributed by atoms with Crippen molar-refractivity contribution in [2.45, 2.75) is 46.5 Å². The molecule has 0 bridgehead atoms. The van der Waals surface area contributed by atoms with Gasteiger partial charge in [-0.3, -0.25) is 9.78 Å². The summed E-state index contributed by atoms with van der Waals surface area (Å²) in [7, 11) is 1.65. The van der Waals surface area contributed by atoms with Crippen molar-refractivity contribution in [1.29, 1.82) is 0 Å². The molecule has 0 aliphatic carbocycles. The van der Waals surface area contributed by atoms with E-state index in [-0.39, 0.29) is 5.78 Å². The Kier molecular flexibility index (Phi) is 6.65. The summed E-state index contributed by atoms with van der Waals surface area (Å²) in [4.78, 5) is 16.4. The van der Waals surface area contributed by atoms with Crippen LogP contribution < -0.4 is 10.5 Å². The van der Waals surface area contributed by atoms with Gasteiger partial charge in [-0.2, -0.15) is 0 Å². The average Bonchev–Trinajstić information content (AvgIpc) is 2.41. The van der Waals surface area contributed by atoms with Crippen molar-refractivity contribution < 1.29 is 9.53 Å². The molecular weight excluding hydrogens is 252 g/mol. The number of ether oxygens (including phenoxy) is 1. The smallest absolute Gasteiger partial charge is 0.138 e. The molecular formula is C16H26N2O2. The number of methoxy groups -OCH3 is 1. The molecule has 1 aromatic rings. The topological polar surface area (TPSA) is 65.2 Å². The first-order valence-corrected chi connectivity index (χ1v) is 7.20. The Labute approximate surface area is 121 Å². The second-order valence-electron chi connectivity index (χ2n) is 5.48. The van der Waals surface area contributed by atoms with Gasteiger partial charge < -0.3 is 10.5 Å². The maximum absolute atomic E-state index is 12.0. The van der Waals surface area contributed by atoms with Crippen molar-refractivity contribution in [3.05, 3.63) is 23.0 Å². The molecule has 20 heavy (non-hydrogen) atoms. The Morgan fingerprint density at radius 3 is 2.70 bits per heavy atom. The first kappa shape index (κ1) is 16.6. The van der Waals surface area contributed by atoms with Crippen LogP contribution in [0.3, 0.4) is 0 Å². The van der Waals surface area contributed by atoms with E-state index in [0.29, 0.717) is 25.3 Å². The normalized spacial score (nSPS) is 12.2. The summed E-state index contributed by atoms with van der Waals surface area (Å²) in [6.07, 6.45) is 4.63. The van der Waals surface area contributed by atoms with Gasteiger partial charge in [0.25, 0.3) is 0 Å². The standard InChI is InChI=1S/C16H26N2O2/c1-11(7-8-17)5-6-14(19)9-15-13(3)16(20-4)12(2)10-18-15/h10-11H,5-9,17H2,1-4H3. The van der Waals surface area contributed by atoms with Gasteiger partial charge in [-0.05, 0) is 39.2 Å². The molecule has 0 aromatic carbocycles. The molecule has 112 valence electrons. The molecule has 1 atom stereocenters. The lowest BCUT2D eigenvalue weighted by molar-refractivity contribution is -0.118. The number of hydrogen-bond donors (Lipinski definition) is 1. The Morgan fingerprint density at radius 1 is 1.40 bits per heavy atom. The highest BCUT2D eigenvalue weighted by Crippen LogP contribution is 2.24. The van der Waals surface area contributed by atoms with Crippen LogP contribution in [0, 0.1) is 19.8 Å². The minimum absolute atomic E-state index is 0.232. The molecule has 2 N–H and O–H groups in total. The first-order valence-electron chi connectivity index (χ1n) is 7.20. The molecule has 0 amide bonds. The highest BCUT2D eigenvalue weighted by molar-refractivity contribution is 5.80. The van der Waals surface area contributed by atoms with Crippen LogP contribution in [0.2, 0.25) is 0 Å². The minimum Gasteiger partial charge on any atom is -0.496 e. The molecule has 1 heterocycles. The van der Waals surface area contributed by atoms with Gasteiger partial charge in [0.1, 0.15) is 11.5 Å². The Hall–Kier alpha value is -1.42. The first-order chi connectivity index (χ1) is 9.49. The highest BCUT2D eigenvalue weighted by Gasteiger charge is 2.13. The van der Waals surface area contributed by atoms with Crippen LogP contribution in [0.4, 0.5) is 0 Å². The molecule has 4 nitrogen and oxygen atoms in total. The quantitative estimate of drug-likeness (QED) is 0.793. The molecule has 0 radical (unpaired) electrons. The second-order valence-corrected chi connectivity index (χ2v) is 5.48. The Morgan fingerprint density at radius 2 is 2.10 bits per heavy atom. The summed E-state index contributed by atoms with van der Waals surface area (Å²) in [6, 6.07) is 0. The third-order valence-electron chi connectivity index (χ3n) is 3.69. The third kappa shape index (κ3) is 4.60. The zero-order valence-electron chi connectivity index (χ0n) is 13.0. The number of Topliss-reactive ketones (excluding diaryl/α,β-unsaturated/α-hetero) is 1. The summed E-state index contributed by atoms with van der Waals surface area (Å²) in [5.74, 6) is 1.57. The maximum atomic E-state index is 12.0. The summed E-state index contributed by atoms with van der Waals surface area (Å²) in [5.41, 5.74) is 8.31. The molecule has 0 aliphatic heterocycles. The Balaban J connectivity index is 2.62. The number of ketones is 1. The predicted molar refractivity (Wildman–Crippen MR) is 81.0 cm³/mol. The lowest BCUT2D eigenvalue weighted by atomic mass is 9.98. The number of pyridine rings is 1. The molecule has 0 saturated carbocycles. The highest BCUT2D eigenvalue weighted by atomic mass is 16.5. The van der Waals surface area contributed by atoms with Crippen LogP contribution in [0.1, 0.15) is 43.0 Å². The van der Waals surface area contributed by atoms with Crippen molar-refractivity contribution in [1.82, 2.24) is 4.98 Å².